The molecule has 0 bridgehead atoms. The predicted molar refractivity (Wildman–Crippen MR) is 427 cm³/mol. The molecule has 0 rings (SSSR count). The van der Waals surface area contributed by atoms with E-state index >= 15 is 0 Å². The summed E-state index contributed by atoms with van der Waals surface area (Å²) in [5.74, 6) is -2.24. The molecule has 0 saturated carbocycles. The molecule has 0 saturated heterocycles. The standard InChI is InChI=1S/C85H142O17P2/c1-5-9-13-17-21-25-29-33-36-39-42-46-49-53-57-61-65-69-82(87)95-75-80(101-84(89)71-67-63-59-55-51-45-32-28-24-20-16-12-8-4)77-99-103(91,92)97-73-79(86)74-98-104(93,94)100-78-81(102-85(90)72-68-64-60-56-52-48-44-41-38-35-31-27-23-19-15-11-7-3)76-96-83(88)70-66-62-58-54-50-47-43-40-37-34-30-26-22-18-14-10-6-2/h9-11,13-16,20-23,25-28,32-38,43,47,79-81,86H,5-8,12,17-19,24,29-31,39-42,44-46,48-78H2,1-4H3,(H,91,92)(H,93,94)/b13-9-,14-10-,15-11-,20-16-,25-21-,26-22-,27-23-,32-28-,36-33-,37-34-,38-35-,47-43-. The van der Waals surface area contributed by atoms with Gasteiger partial charge in [0.15, 0.2) is 12.2 Å². The smallest absolute Gasteiger partial charge is 0.462 e. The lowest BCUT2D eigenvalue weighted by Crippen LogP contribution is -2.30. The summed E-state index contributed by atoms with van der Waals surface area (Å²) in [6, 6.07) is 0. The van der Waals surface area contributed by atoms with Crippen LogP contribution in [0.25, 0.3) is 0 Å². The highest BCUT2D eigenvalue weighted by atomic mass is 31.2. The van der Waals surface area contributed by atoms with Crippen molar-refractivity contribution in [3.05, 3.63) is 146 Å². The van der Waals surface area contributed by atoms with Gasteiger partial charge in [-0.2, -0.15) is 0 Å². The van der Waals surface area contributed by atoms with Gasteiger partial charge in [-0.1, -0.05) is 276 Å². The van der Waals surface area contributed by atoms with E-state index in [0.29, 0.717) is 25.7 Å². The number of carbonyl (C=O) groups excluding carboxylic acids is 4. The van der Waals surface area contributed by atoms with Crippen molar-refractivity contribution in [2.45, 2.75) is 329 Å². The molecule has 0 spiro atoms. The number of aliphatic hydroxyl groups is 1. The molecule has 3 N–H and O–H groups in total. The first-order valence-electron chi connectivity index (χ1n) is 40.1. The molecule has 0 aromatic rings. The van der Waals surface area contributed by atoms with Crippen LogP contribution in [-0.2, 0) is 65.4 Å². The molecule has 0 amide bonds. The van der Waals surface area contributed by atoms with Crippen LogP contribution in [0.2, 0.25) is 0 Å². The molecule has 104 heavy (non-hydrogen) atoms. The summed E-state index contributed by atoms with van der Waals surface area (Å²) in [6.07, 6.45) is 86.8. The van der Waals surface area contributed by atoms with E-state index in [2.05, 4.69) is 174 Å². The molecular weight excluding hydrogens is 1350 g/mol. The van der Waals surface area contributed by atoms with Gasteiger partial charge in [-0.3, -0.25) is 37.3 Å². The number of phosphoric ester groups is 2. The van der Waals surface area contributed by atoms with E-state index < -0.39 is 97.5 Å². The highest BCUT2D eigenvalue weighted by Gasteiger charge is 2.30. The number of carbonyl (C=O) groups is 4. The van der Waals surface area contributed by atoms with Crippen LogP contribution in [-0.4, -0.2) is 96.7 Å². The van der Waals surface area contributed by atoms with Gasteiger partial charge in [-0.15, -0.1) is 0 Å². The zero-order chi connectivity index (χ0) is 76.0. The Morgan fingerprint density at radius 1 is 0.279 bits per heavy atom. The first-order valence-corrected chi connectivity index (χ1v) is 43.1. The Labute approximate surface area is 630 Å². The summed E-state index contributed by atoms with van der Waals surface area (Å²) < 4.78 is 68.6. The molecule has 0 aromatic carbocycles. The average Bonchev–Trinajstić information content (AvgIpc) is 0.910. The normalized spacial score (nSPS) is 14.6. The predicted octanol–water partition coefficient (Wildman–Crippen LogP) is 23.4. The van der Waals surface area contributed by atoms with Crippen LogP contribution in [0.3, 0.4) is 0 Å². The molecule has 0 aromatic heterocycles. The Morgan fingerprint density at radius 3 is 0.769 bits per heavy atom. The third-order valence-corrected chi connectivity index (χ3v) is 18.2. The number of unbranched alkanes of at least 4 members (excludes halogenated alkanes) is 24. The molecule has 19 heteroatoms. The van der Waals surface area contributed by atoms with Crippen molar-refractivity contribution in [3.8, 4) is 0 Å². The van der Waals surface area contributed by atoms with Gasteiger partial charge in [-0.05, 0) is 154 Å². The Bertz CT molecular complexity index is 2540. The molecule has 0 radical (unpaired) electrons. The zero-order valence-corrected chi connectivity index (χ0v) is 66.7. The zero-order valence-electron chi connectivity index (χ0n) is 64.9. The molecule has 0 fully saturated rings. The van der Waals surface area contributed by atoms with Crippen LogP contribution in [0, 0.1) is 0 Å². The van der Waals surface area contributed by atoms with Crippen LogP contribution in [0.15, 0.2) is 146 Å². The van der Waals surface area contributed by atoms with E-state index in [9.17, 15) is 43.2 Å². The van der Waals surface area contributed by atoms with Gasteiger partial charge in [0, 0.05) is 25.7 Å². The molecular formula is C85H142O17P2. The van der Waals surface area contributed by atoms with Crippen LogP contribution in [0.5, 0.6) is 0 Å². The number of ether oxygens (including phenoxy) is 4. The second-order valence-electron chi connectivity index (χ2n) is 26.2. The highest BCUT2D eigenvalue weighted by molar-refractivity contribution is 7.47. The Kier molecular flexibility index (Phi) is 72.4. The monoisotopic (exact) mass is 1500 g/mol. The van der Waals surface area contributed by atoms with Crippen LogP contribution in [0.4, 0.5) is 0 Å². The molecule has 0 aliphatic carbocycles. The molecule has 5 unspecified atom stereocenters. The summed E-state index contributed by atoms with van der Waals surface area (Å²) >= 11 is 0. The van der Waals surface area contributed by atoms with Crippen LogP contribution in [0.1, 0.15) is 310 Å². The third-order valence-electron chi connectivity index (χ3n) is 16.3. The minimum atomic E-state index is -4.99. The van der Waals surface area contributed by atoms with Gasteiger partial charge in [0.2, 0.25) is 0 Å². The lowest BCUT2D eigenvalue weighted by molar-refractivity contribution is -0.161. The van der Waals surface area contributed by atoms with Crippen LogP contribution < -0.4 is 0 Å². The maximum absolute atomic E-state index is 13.1. The number of phosphoric acid groups is 2. The van der Waals surface area contributed by atoms with E-state index in [-0.39, 0.29) is 25.7 Å². The van der Waals surface area contributed by atoms with E-state index in [0.717, 1.165) is 231 Å². The lowest BCUT2D eigenvalue weighted by Gasteiger charge is -2.21. The topological polar surface area (TPSA) is 237 Å². The third kappa shape index (κ3) is 75.2. The van der Waals surface area contributed by atoms with E-state index in [4.69, 9.17) is 37.0 Å². The van der Waals surface area contributed by atoms with Crippen molar-refractivity contribution in [3.63, 3.8) is 0 Å². The van der Waals surface area contributed by atoms with Crippen molar-refractivity contribution in [2.75, 3.05) is 39.6 Å². The fraction of sp³-hybridized carbons (Fsp3) is 0.671. The molecule has 5 atom stereocenters. The fourth-order valence-electron chi connectivity index (χ4n) is 10.3. The van der Waals surface area contributed by atoms with Gasteiger partial charge in [0.05, 0.1) is 26.4 Å². The minimum absolute atomic E-state index is 0.0726. The molecule has 0 aliphatic heterocycles. The van der Waals surface area contributed by atoms with Crippen molar-refractivity contribution < 1.29 is 80.2 Å². The number of allylic oxidation sites excluding steroid dienone is 24. The number of rotatable bonds is 74. The summed E-state index contributed by atoms with van der Waals surface area (Å²) in [5.41, 5.74) is 0. The summed E-state index contributed by atoms with van der Waals surface area (Å²) in [7, 11) is -9.98. The highest BCUT2D eigenvalue weighted by Crippen LogP contribution is 2.45. The summed E-state index contributed by atoms with van der Waals surface area (Å²) in [5, 5.41) is 10.6. The van der Waals surface area contributed by atoms with Crippen molar-refractivity contribution >= 4 is 39.5 Å². The second-order valence-corrected chi connectivity index (χ2v) is 29.1. The fourth-order valence-corrected chi connectivity index (χ4v) is 11.9. The van der Waals surface area contributed by atoms with Crippen molar-refractivity contribution in [2.24, 2.45) is 0 Å². The molecule has 17 nitrogen and oxygen atoms in total. The molecule has 0 heterocycles. The van der Waals surface area contributed by atoms with E-state index in [1.165, 1.54) is 0 Å². The van der Waals surface area contributed by atoms with Crippen LogP contribution >= 0.6 is 15.6 Å². The van der Waals surface area contributed by atoms with Gasteiger partial charge >= 0.3 is 39.5 Å². The summed E-state index contributed by atoms with van der Waals surface area (Å²) in [6.45, 7) is 4.42. The van der Waals surface area contributed by atoms with Gasteiger partial charge in [0.1, 0.15) is 19.3 Å². The van der Waals surface area contributed by atoms with Gasteiger partial charge in [-0.25, -0.2) is 9.13 Å². The largest absolute Gasteiger partial charge is 0.472 e. The second kappa shape index (κ2) is 76.1. The minimum Gasteiger partial charge on any atom is -0.462 e. The summed E-state index contributed by atoms with van der Waals surface area (Å²) in [4.78, 5) is 73.1. The first-order chi connectivity index (χ1) is 50.7. The lowest BCUT2D eigenvalue weighted by atomic mass is 10.1. The Balaban J connectivity index is 5.40. The van der Waals surface area contributed by atoms with E-state index in [1.807, 2.05) is 0 Å². The Morgan fingerprint density at radius 2 is 0.500 bits per heavy atom. The van der Waals surface area contributed by atoms with Gasteiger partial charge in [0.25, 0.3) is 0 Å². The van der Waals surface area contributed by atoms with Crippen molar-refractivity contribution in [1.82, 2.24) is 0 Å². The first kappa shape index (κ1) is 98.9. The number of hydrogen-bond acceptors (Lipinski definition) is 15. The number of aliphatic hydroxyl groups excluding tert-OH is 1. The average molecular weight is 1500 g/mol. The molecule has 0 aliphatic rings. The number of hydrogen-bond donors (Lipinski definition) is 3. The maximum atomic E-state index is 13.1. The molecule has 594 valence electrons. The van der Waals surface area contributed by atoms with Gasteiger partial charge < -0.3 is 33.8 Å². The van der Waals surface area contributed by atoms with E-state index in [1.54, 1.807) is 0 Å². The van der Waals surface area contributed by atoms with Crippen molar-refractivity contribution in [1.29, 1.82) is 0 Å². The Hall–Kier alpha value is -5.06. The maximum Gasteiger partial charge on any atom is 0.472 e. The quantitative estimate of drug-likeness (QED) is 0.0169. The SMILES string of the molecule is CC/C=C\C/C=C\C/C=C\C/C=C\CCCCCCC(=O)OCC(COP(=O)(O)OCC(O)COP(=O)(O)OCC(COC(=O)CCCCCCCCC/C=C\C/C=C\C/C=C\CC)OC(=O)CCCCCCC/C=C\C/C=C\CCC)OC(=O)CCCCCCCCC/C=C\C/C=C\C/C=C\CC. The number of esters is 4.